The Labute approximate surface area is 359 Å². The standard InChI is InChI=1S/C53H90O5/c1-4-7-10-13-15-17-19-21-23-25-26-27-29-31-33-35-37-39-42-45-48-56-49-51(58-53(55)47-44-40-12-9-6-3)50-57-52(54)46-43-41-38-36-34-32-30-28-24-22-20-18-16-14-11-8-5-2/h8,11,15-18,21-24,30,32,36,38,51H,4-7,9-10,12-14,19-20,25-29,31,33-35,37,39-50H2,1-3H3/b11-8-,17-15-,18-16-,23-21-,24-22-,32-30-,38-36-. The fourth-order valence-electron chi connectivity index (χ4n) is 6.34. The van der Waals surface area contributed by atoms with E-state index in [0.717, 1.165) is 83.5 Å². The molecule has 0 amide bonds. The summed E-state index contributed by atoms with van der Waals surface area (Å²) in [5, 5.41) is 0. The quantitative estimate of drug-likeness (QED) is 0.0349. The van der Waals surface area contributed by atoms with Crippen LogP contribution < -0.4 is 0 Å². The smallest absolute Gasteiger partial charge is 0.306 e. The third-order valence-corrected chi connectivity index (χ3v) is 9.92. The molecule has 0 aromatic heterocycles. The maximum atomic E-state index is 12.6. The van der Waals surface area contributed by atoms with Crippen LogP contribution in [0.25, 0.3) is 0 Å². The van der Waals surface area contributed by atoms with Gasteiger partial charge in [0.05, 0.1) is 6.61 Å². The Morgan fingerprint density at radius 1 is 0.397 bits per heavy atom. The number of allylic oxidation sites excluding steroid dienone is 14. The maximum absolute atomic E-state index is 12.6. The highest BCUT2D eigenvalue weighted by atomic mass is 16.6. The van der Waals surface area contributed by atoms with E-state index in [4.69, 9.17) is 14.2 Å². The summed E-state index contributed by atoms with van der Waals surface area (Å²) in [6, 6.07) is 0. The Kier molecular flexibility index (Phi) is 46.0. The molecule has 0 bridgehead atoms. The predicted octanol–water partition coefficient (Wildman–Crippen LogP) is 16.1. The minimum atomic E-state index is -0.559. The van der Waals surface area contributed by atoms with Gasteiger partial charge in [-0.2, -0.15) is 0 Å². The predicted molar refractivity (Wildman–Crippen MR) is 251 cm³/mol. The van der Waals surface area contributed by atoms with E-state index < -0.39 is 6.10 Å². The van der Waals surface area contributed by atoms with Crippen molar-refractivity contribution in [3.8, 4) is 0 Å². The molecule has 5 heteroatoms. The molecule has 332 valence electrons. The van der Waals surface area contributed by atoms with E-state index in [9.17, 15) is 9.59 Å². The lowest BCUT2D eigenvalue weighted by Gasteiger charge is -2.18. The Hall–Kier alpha value is -2.92. The van der Waals surface area contributed by atoms with Crippen molar-refractivity contribution < 1.29 is 23.8 Å². The van der Waals surface area contributed by atoms with Crippen molar-refractivity contribution in [2.24, 2.45) is 0 Å². The highest BCUT2D eigenvalue weighted by Crippen LogP contribution is 2.13. The summed E-state index contributed by atoms with van der Waals surface area (Å²) in [5.41, 5.74) is 0. The van der Waals surface area contributed by atoms with Crippen LogP contribution in [-0.2, 0) is 23.8 Å². The Morgan fingerprint density at radius 2 is 0.793 bits per heavy atom. The van der Waals surface area contributed by atoms with Crippen LogP contribution in [0.15, 0.2) is 85.1 Å². The van der Waals surface area contributed by atoms with Crippen molar-refractivity contribution in [1.82, 2.24) is 0 Å². The highest BCUT2D eigenvalue weighted by Gasteiger charge is 2.17. The Morgan fingerprint density at radius 3 is 1.33 bits per heavy atom. The molecule has 0 N–H and O–H groups in total. The lowest BCUT2D eigenvalue weighted by Crippen LogP contribution is -2.30. The molecule has 0 heterocycles. The largest absolute Gasteiger partial charge is 0.462 e. The monoisotopic (exact) mass is 807 g/mol. The van der Waals surface area contributed by atoms with Gasteiger partial charge in [0, 0.05) is 19.4 Å². The number of hydrogen-bond donors (Lipinski definition) is 0. The number of esters is 2. The summed E-state index contributed by atoms with van der Waals surface area (Å²) >= 11 is 0. The first-order valence-corrected chi connectivity index (χ1v) is 24.1. The van der Waals surface area contributed by atoms with Crippen LogP contribution in [0.1, 0.15) is 213 Å². The number of carbonyl (C=O) groups is 2. The lowest BCUT2D eigenvalue weighted by atomic mass is 10.1. The summed E-state index contributed by atoms with van der Waals surface area (Å²) in [4.78, 5) is 25.0. The van der Waals surface area contributed by atoms with Crippen molar-refractivity contribution in [1.29, 1.82) is 0 Å². The zero-order valence-corrected chi connectivity index (χ0v) is 38.0. The van der Waals surface area contributed by atoms with Crippen LogP contribution in [0.4, 0.5) is 0 Å². The molecule has 1 unspecified atom stereocenters. The molecule has 0 fully saturated rings. The molecule has 1 atom stereocenters. The van der Waals surface area contributed by atoms with E-state index in [1.807, 2.05) is 0 Å². The van der Waals surface area contributed by atoms with E-state index in [0.29, 0.717) is 19.4 Å². The van der Waals surface area contributed by atoms with Crippen LogP contribution in [-0.4, -0.2) is 37.9 Å². The van der Waals surface area contributed by atoms with Crippen LogP contribution in [0.3, 0.4) is 0 Å². The van der Waals surface area contributed by atoms with E-state index in [-0.39, 0.29) is 25.2 Å². The van der Waals surface area contributed by atoms with Gasteiger partial charge in [-0.15, -0.1) is 0 Å². The number of unbranched alkanes of at least 4 members (excludes halogenated alkanes) is 18. The van der Waals surface area contributed by atoms with E-state index >= 15 is 0 Å². The number of carbonyl (C=O) groups excluding carboxylic acids is 2. The molecule has 0 saturated carbocycles. The van der Waals surface area contributed by atoms with Crippen molar-refractivity contribution >= 4 is 11.9 Å². The van der Waals surface area contributed by atoms with Gasteiger partial charge in [0.15, 0.2) is 6.10 Å². The second-order valence-electron chi connectivity index (χ2n) is 15.6. The third-order valence-electron chi connectivity index (χ3n) is 9.92. The molecular weight excluding hydrogens is 717 g/mol. The molecule has 58 heavy (non-hydrogen) atoms. The number of ether oxygens (including phenoxy) is 3. The maximum Gasteiger partial charge on any atom is 0.306 e. The number of hydrogen-bond acceptors (Lipinski definition) is 5. The fraction of sp³-hybridized carbons (Fsp3) is 0.698. The summed E-state index contributed by atoms with van der Waals surface area (Å²) < 4.78 is 17.2. The molecular formula is C53H90O5. The molecule has 0 aliphatic rings. The topological polar surface area (TPSA) is 61.8 Å². The van der Waals surface area contributed by atoms with Crippen molar-refractivity contribution in [3.05, 3.63) is 85.1 Å². The van der Waals surface area contributed by atoms with Gasteiger partial charge < -0.3 is 14.2 Å². The molecule has 0 aromatic rings. The van der Waals surface area contributed by atoms with E-state index in [1.165, 1.54) is 96.3 Å². The molecule has 0 aliphatic heterocycles. The molecule has 0 aromatic carbocycles. The average Bonchev–Trinajstić information content (AvgIpc) is 3.22. The van der Waals surface area contributed by atoms with Gasteiger partial charge in [-0.3, -0.25) is 9.59 Å². The molecule has 0 radical (unpaired) electrons. The third kappa shape index (κ3) is 45.8. The normalized spacial score (nSPS) is 12.9. The van der Waals surface area contributed by atoms with Crippen LogP contribution in [0, 0.1) is 0 Å². The molecule has 5 nitrogen and oxygen atoms in total. The second kappa shape index (κ2) is 48.4. The number of rotatable bonds is 43. The molecule has 0 rings (SSSR count). The van der Waals surface area contributed by atoms with E-state index in [1.54, 1.807) is 0 Å². The SMILES string of the molecule is CC/C=C\C/C=C\C/C=C\C/C=C\C/C=C\CCCC(=O)OCC(COCCCCCCCCCCCC/C=C\C/C=C\CCCCC)OC(=O)CCCCCCC. The lowest BCUT2D eigenvalue weighted by molar-refractivity contribution is -0.163. The summed E-state index contributed by atoms with van der Waals surface area (Å²) in [5.74, 6) is -0.482. The van der Waals surface area contributed by atoms with Crippen molar-refractivity contribution in [3.63, 3.8) is 0 Å². The molecule has 0 spiro atoms. The first kappa shape index (κ1) is 55.1. The van der Waals surface area contributed by atoms with Crippen LogP contribution in [0.5, 0.6) is 0 Å². The van der Waals surface area contributed by atoms with Crippen molar-refractivity contribution in [2.45, 2.75) is 219 Å². The van der Waals surface area contributed by atoms with Gasteiger partial charge in [-0.25, -0.2) is 0 Å². The minimum Gasteiger partial charge on any atom is -0.462 e. The van der Waals surface area contributed by atoms with Crippen LogP contribution >= 0.6 is 0 Å². The zero-order chi connectivity index (χ0) is 42.1. The van der Waals surface area contributed by atoms with Gasteiger partial charge in [-0.1, -0.05) is 196 Å². The Balaban J connectivity index is 4.12. The van der Waals surface area contributed by atoms with Crippen molar-refractivity contribution in [2.75, 3.05) is 19.8 Å². The van der Waals surface area contributed by atoms with Gasteiger partial charge in [0.1, 0.15) is 6.61 Å². The minimum absolute atomic E-state index is 0.0512. The first-order valence-electron chi connectivity index (χ1n) is 24.1. The highest BCUT2D eigenvalue weighted by molar-refractivity contribution is 5.70. The summed E-state index contributed by atoms with van der Waals surface area (Å²) in [7, 11) is 0. The van der Waals surface area contributed by atoms with Crippen LogP contribution in [0.2, 0.25) is 0 Å². The Bertz CT molecular complexity index is 1090. The average molecular weight is 807 g/mol. The zero-order valence-electron chi connectivity index (χ0n) is 38.0. The van der Waals surface area contributed by atoms with Gasteiger partial charge in [0.2, 0.25) is 0 Å². The van der Waals surface area contributed by atoms with Gasteiger partial charge in [-0.05, 0) is 89.9 Å². The van der Waals surface area contributed by atoms with E-state index in [2.05, 4.69) is 106 Å². The van der Waals surface area contributed by atoms with Gasteiger partial charge >= 0.3 is 11.9 Å². The van der Waals surface area contributed by atoms with Gasteiger partial charge in [0.25, 0.3) is 0 Å². The first-order chi connectivity index (χ1) is 28.6. The summed E-state index contributed by atoms with van der Waals surface area (Å²) in [6.07, 6.45) is 63.4. The molecule has 0 aliphatic carbocycles. The molecule has 0 saturated heterocycles. The summed E-state index contributed by atoms with van der Waals surface area (Å²) in [6.45, 7) is 7.54. The second-order valence-corrected chi connectivity index (χ2v) is 15.6. The fourth-order valence-corrected chi connectivity index (χ4v) is 6.34.